The number of ether oxygens (including phenoxy) is 3. The molecule has 0 bridgehead atoms. The number of methoxy groups -OCH3 is 1. The van der Waals surface area contributed by atoms with Crippen LogP contribution in [0.1, 0.15) is 22.3 Å². The summed E-state index contributed by atoms with van der Waals surface area (Å²) in [7, 11) is 3.24. The van der Waals surface area contributed by atoms with Gasteiger partial charge in [0.2, 0.25) is 0 Å². The first-order valence-electron chi connectivity index (χ1n) is 16.1. The Balaban J connectivity index is 1.12. The third kappa shape index (κ3) is 6.05. The number of hydrogen-bond acceptors (Lipinski definition) is 9. The molecule has 0 fully saturated rings. The van der Waals surface area contributed by atoms with Crippen LogP contribution in [-0.4, -0.2) is 48.9 Å². The third-order valence-electron chi connectivity index (χ3n) is 9.01. The fourth-order valence-corrected chi connectivity index (χ4v) is 6.46. The lowest BCUT2D eigenvalue weighted by Crippen LogP contribution is -2.61. The van der Waals surface area contributed by atoms with E-state index >= 15 is 0 Å². The summed E-state index contributed by atoms with van der Waals surface area (Å²) in [6, 6.07) is 40.2. The smallest absolute Gasteiger partial charge is 0.335 e. The van der Waals surface area contributed by atoms with Crippen molar-refractivity contribution in [2.75, 3.05) is 37.5 Å². The van der Waals surface area contributed by atoms with E-state index in [1.54, 1.807) is 6.07 Å². The molecule has 0 spiro atoms. The molecule has 2 atom stereocenters. The molecule has 248 valence electrons. The first-order chi connectivity index (χ1) is 23.9. The van der Waals surface area contributed by atoms with Crippen LogP contribution in [0, 0.1) is 0 Å². The van der Waals surface area contributed by atoms with Gasteiger partial charge < -0.3 is 34.0 Å². The van der Waals surface area contributed by atoms with Crippen LogP contribution in [0.25, 0.3) is 11.1 Å². The van der Waals surface area contributed by atoms with Crippen molar-refractivity contribution in [1.82, 2.24) is 4.98 Å². The second-order valence-electron chi connectivity index (χ2n) is 12.1. The number of nitrogens with one attached hydrogen (secondary N) is 1. The van der Waals surface area contributed by atoms with Gasteiger partial charge in [-0.3, -0.25) is 0 Å². The molecule has 1 aromatic heterocycles. The molecule has 7 rings (SSSR count). The molecule has 0 saturated carbocycles. The number of hydrogen-bond donors (Lipinski definition) is 2. The Kier molecular flexibility index (Phi) is 8.67. The number of likely N-dealkylation sites (N-methyl/N-ethyl adjacent to an activating group) is 1. The molecule has 1 aliphatic heterocycles. The van der Waals surface area contributed by atoms with Crippen molar-refractivity contribution in [1.29, 1.82) is 0 Å². The molecule has 0 saturated heterocycles. The van der Waals surface area contributed by atoms with Crippen molar-refractivity contribution in [2.45, 2.75) is 24.2 Å². The number of oxazole rings is 1. The molecule has 9 heteroatoms. The highest BCUT2D eigenvalue weighted by molar-refractivity contribution is 5.92. The molecule has 1 aliphatic rings. The molecule has 2 unspecified atom stereocenters. The van der Waals surface area contributed by atoms with Crippen LogP contribution < -0.4 is 19.7 Å². The highest BCUT2D eigenvalue weighted by atomic mass is 16.5. The van der Waals surface area contributed by atoms with Crippen molar-refractivity contribution in [3.05, 3.63) is 150 Å². The maximum atomic E-state index is 13.9. The minimum absolute atomic E-state index is 0.126. The van der Waals surface area contributed by atoms with E-state index in [4.69, 9.17) is 18.6 Å². The second kappa shape index (κ2) is 13.4. The van der Waals surface area contributed by atoms with E-state index in [1.165, 1.54) is 7.11 Å². The summed E-state index contributed by atoms with van der Waals surface area (Å²) in [5, 5.41) is 16.3. The summed E-state index contributed by atoms with van der Waals surface area (Å²) in [6.45, 7) is 1.32. The molecular formula is C40H37N3O6. The van der Waals surface area contributed by atoms with E-state index < -0.39 is 17.1 Å². The van der Waals surface area contributed by atoms with Gasteiger partial charge in [0.15, 0.2) is 16.7 Å². The minimum Gasteiger partial charge on any atom is -0.492 e. The number of nitrogens with zero attached hydrogens (tertiary/aromatic N) is 2. The van der Waals surface area contributed by atoms with Crippen LogP contribution in [0.4, 0.5) is 11.7 Å². The highest BCUT2D eigenvalue weighted by Crippen LogP contribution is 2.52. The summed E-state index contributed by atoms with van der Waals surface area (Å²) in [4.78, 5) is 20.4. The first-order valence-corrected chi connectivity index (χ1v) is 16.1. The number of rotatable bonds is 12. The van der Waals surface area contributed by atoms with Crippen molar-refractivity contribution < 1.29 is 28.5 Å². The lowest BCUT2D eigenvalue weighted by atomic mass is 9.70. The standard InChI is InChI=1S/C40H37N3O6/c1-43(38-41-35-17-8-9-18-36(35)49-38)23-24-47-31-21-19-28(20-22-31)26-39(37(44)46-2)40(45,33-15-6-7-16-34(33)42-39)30-13-10-14-32(25-30)48-27-29-11-4-3-5-12-29/h3-22,25,42,45H,23-24,26-27H2,1-2H3. The van der Waals surface area contributed by atoms with Crippen LogP contribution in [0.2, 0.25) is 0 Å². The first kappa shape index (κ1) is 31.8. The molecule has 2 heterocycles. The quantitative estimate of drug-likeness (QED) is 0.139. The van der Waals surface area contributed by atoms with Crippen LogP contribution in [-0.2, 0) is 28.2 Å². The number of anilines is 2. The van der Waals surface area contributed by atoms with E-state index in [0.29, 0.717) is 54.1 Å². The van der Waals surface area contributed by atoms with Gasteiger partial charge in [-0.05, 0) is 59.2 Å². The molecule has 0 aliphatic carbocycles. The third-order valence-corrected chi connectivity index (χ3v) is 9.01. The topological polar surface area (TPSA) is 106 Å². The Bertz CT molecular complexity index is 2030. The molecule has 49 heavy (non-hydrogen) atoms. The molecule has 0 amide bonds. The molecule has 6 aromatic rings. The second-order valence-corrected chi connectivity index (χ2v) is 12.1. The van der Waals surface area contributed by atoms with Gasteiger partial charge in [0.1, 0.15) is 30.2 Å². The highest BCUT2D eigenvalue weighted by Gasteiger charge is 2.63. The van der Waals surface area contributed by atoms with Crippen molar-refractivity contribution in [3.63, 3.8) is 0 Å². The zero-order chi connectivity index (χ0) is 33.8. The van der Waals surface area contributed by atoms with Gasteiger partial charge in [0.25, 0.3) is 6.01 Å². The summed E-state index contributed by atoms with van der Waals surface area (Å²) in [5.41, 5.74) is 1.70. The van der Waals surface area contributed by atoms with Crippen LogP contribution in [0.5, 0.6) is 11.5 Å². The Morgan fingerprint density at radius 2 is 1.59 bits per heavy atom. The van der Waals surface area contributed by atoms with Crippen LogP contribution in [0.3, 0.4) is 0 Å². The molecule has 5 aromatic carbocycles. The number of carbonyl (C=O) groups excluding carboxylic acids is 1. The van der Waals surface area contributed by atoms with E-state index in [-0.39, 0.29) is 6.42 Å². The van der Waals surface area contributed by atoms with Gasteiger partial charge >= 0.3 is 5.97 Å². The number of para-hydroxylation sites is 3. The van der Waals surface area contributed by atoms with E-state index in [0.717, 1.165) is 22.2 Å². The number of benzene rings is 5. The zero-order valence-corrected chi connectivity index (χ0v) is 27.3. The maximum Gasteiger partial charge on any atom is 0.335 e. The number of fused-ring (bicyclic) bond motifs is 2. The summed E-state index contributed by atoms with van der Waals surface area (Å²) in [5.74, 6) is 0.647. The van der Waals surface area contributed by atoms with Gasteiger partial charge in [-0.2, -0.15) is 4.98 Å². The lowest BCUT2D eigenvalue weighted by Gasteiger charge is -2.41. The SMILES string of the molecule is COC(=O)C1(Cc2ccc(OCCN(C)c3nc4ccccc4o3)cc2)Nc2ccccc2C1(O)c1cccc(OCc2ccccc2)c1. The van der Waals surface area contributed by atoms with Gasteiger partial charge in [-0.25, -0.2) is 4.79 Å². The number of carbonyl (C=O) groups is 1. The van der Waals surface area contributed by atoms with Crippen molar-refractivity contribution in [3.8, 4) is 11.5 Å². The van der Waals surface area contributed by atoms with E-state index in [2.05, 4.69) is 10.3 Å². The Hall–Kier alpha value is -5.80. The predicted molar refractivity (Wildman–Crippen MR) is 188 cm³/mol. The monoisotopic (exact) mass is 655 g/mol. The molecule has 0 radical (unpaired) electrons. The summed E-state index contributed by atoms with van der Waals surface area (Å²) >= 11 is 0. The average Bonchev–Trinajstić information content (AvgIpc) is 3.70. The fourth-order valence-electron chi connectivity index (χ4n) is 6.46. The predicted octanol–water partition coefficient (Wildman–Crippen LogP) is 6.74. The maximum absolute atomic E-state index is 13.9. The fraction of sp³-hybridized carbons (Fsp3) is 0.200. The Morgan fingerprint density at radius 1 is 0.837 bits per heavy atom. The van der Waals surface area contributed by atoms with Gasteiger partial charge in [-0.1, -0.05) is 84.9 Å². The average molecular weight is 656 g/mol. The Labute approximate surface area is 284 Å². The van der Waals surface area contributed by atoms with E-state index in [9.17, 15) is 9.90 Å². The largest absolute Gasteiger partial charge is 0.492 e. The summed E-state index contributed by atoms with van der Waals surface area (Å²) < 4.78 is 23.4. The van der Waals surface area contributed by atoms with Gasteiger partial charge in [0, 0.05) is 24.7 Å². The van der Waals surface area contributed by atoms with Crippen molar-refractivity contribution >= 4 is 28.8 Å². The lowest BCUT2D eigenvalue weighted by molar-refractivity contribution is -0.154. The van der Waals surface area contributed by atoms with Gasteiger partial charge in [-0.15, -0.1) is 0 Å². The van der Waals surface area contributed by atoms with Crippen LogP contribution in [0.15, 0.2) is 132 Å². The number of aliphatic hydroxyl groups is 1. The molecule has 9 nitrogen and oxygen atoms in total. The molecule has 2 N–H and O–H groups in total. The zero-order valence-electron chi connectivity index (χ0n) is 27.3. The number of aromatic nitrogens is 1. The Morgan fingerprint density at radius 3 is 2.39 bits per heavy atom. The van der Waals surface area contributed by atoms with Gasteiger partial charge in [0.05, 0.1) is 13.7 Å². The molecular weight excluding hydrogens is 618 g/mol. The number of esters is 1. The minimum atomic E-state index is -1.80. The normalized spacial score (nSPS) is 18.0. The van der Waals surface area contributed by atoms with E-state index in [1.807, 2.05) is 133 Å². The summed E-state index contributed by atoms with van der Waals surface area (Å²) in [6.07, 6.45) is 0.126. The van der Waals surface area contributed by atoms with Crippen LogP contribution >= 0.6 is 0 Å². The van der Waals surface area contributed by atoms with Crippen molar-refractivity contribution in [2.24, 2.45) is 0 Å².